The largest absolute Gasteiger partial charge is 0.331 e. The lowest BCUT2D eigenvalue weighted by Crippen LogP contribution is -2.59. The molecule has 2 aliphatic rings. The zero-order valence-electron chi connectivity index (χ0n) is 11.9. The Bertz CT molecular complexity index is 589. The van der Waals surface area contributed by atoms with Gasteiger partial charge in [0.15, 0.2) is 0 Å². The molecule has 3 rings (SSSR count). The number of hydrogen-bond acceptors (Lipinski definition) is 4. The molecule has 7 nitrogen and oxygen atoms in total. The van der Waals surface area contributed by atoms with Crippen LogP contribution in [0.1, 0.15) is 31.4 Å². The van der Waals surface area contributed by atoms with Gasteiger partial charge in [-0.2, -0.15) is 5.10 Å². The highest BCUT2D eigenvalue weighted by molar-refractivity contribution is 6.16. The molecule has 1 aliphatic carbocycles. The quantitative estimate of drug-likeness (QED) is 0.835. The molecule has 1 aromatic heterocycles. The van der Waals surface area contributed by atoms with E-state index in [1.807, 2.05) is 0 Å². The molecule has 4 amide bonds. The van der Waals surface area contributed by atoms with Crippen LogP contribution in [0, 0.1) is 11.8 Å². The van der Waals surface area contributed by atoms with Crippen molar-refractivity contribution >= 4 is 17.8 Å². The number of rotatable bonds is 3. The van der Waals surface area contributed by atoms with Crippen LogP contribution in [0.5, 0.6) is 0 Å². The Balaban J connectivity index is 1.82. The number of nitrogens with one attached hydrogen (secondary N) is 1. The number of aryl methyl sites for hydroxylation is 1. The van der Waals surface area contributed by atoms with Crippen molar-refractivity contribution in [3.05, 3.63) is 18.0 Å². The first-order valence-electron chi connectivity index (χ1n) is 7.21. The monoisotopic (exact) mass is 290 g/mol. The number of barbiturate groups is 1. The molecule has 1 N–H and O–H groups in total. The van der Waals surface area contributed by atoms with Gasteiger partial charge in [0.05, 0.1) is 12.2 Å². The Kier molecular flexibility index (Phi) is 3.48. The summed E-state index contributed by atoms with van der Waals surface area (Å²) in [6.07, 6.45) is 5.44. The maximum absolute atomic E-state index is 12.6. The summed E-state index contributed by atoms with van der Waals surface area (Å²) in [6.45, 7) is 0.137. The van der Waals surface area contributed by atoms with Crippen LogP contribution < -0.4 is 5.32 Å². The van der Waals surface area contributed by atoms with E-state index in [0.717, 1.165) is 36.3 Å². The summed E-state index contributed by atoms with van der Waals surface area (Å²) in [5, 5.41) is 6.34. The summed E-state index contributed by atoms with van der Waals surface area (Å²) in [4.78, 5) is 37.7. The van der Waals surface area contributed by atoms with Crippen LogP contribution in [0.4, 0.5) is 4.79 Å². The number of imide groups is 2. The van der Waals surface area contributed by atoms with Crippen LogP contribution in [-0.2, 0) is 23.2 Å². The number of carbonyl (C=O) groups excluding carboxylic acids is 3. The van der Waals surface area contributed by atoms with Gasteiger partial charge >= 0.3 is 6.03 Å². The predicted molar refractivity (Wildman–Crippen MR) is 72.7 cm³/mol. The molecular weight excluding hydrogens is 272 g/mol. The van der Waals surface area contributed by atoms with Gasteiger partial charge in [-0.1, -0.05) is 12.8 Å². The van der Waals surface area contributed by atoms with Gasteiger partial charge in [-0.25, -0.2) is 4.79 Å². The van der Waals surface area contributed by atoms with Gasteiger partial charge in [-0.05, 0) is 24.8 Å². The van der Waals surface area contributed by atoms with E-state index in [0.29, 0.717) is 0 Å². The van der Waals surface area contributed by atoms with Crippen molar-refractivity contribution in [3.63, 3.8) is 0 Å². The lowest BCUT2D eigenvalue weighted by molar-refractivity contribution is -0.145. The van der Waals surface area contributed by atoms with Gasteiger partial charge < -0.3 is 0 Å². The summed E-state index contributed by atoms with van der Waals surface area (Å²) in [5.41, 5.74) is 0.748. The minimum Gasteiger partial charge on any atom is -0.277 e. The van der Waals surface area contributed by atoms with Crippen molar-refractivity contribution in [1.82, 2.24) is 20.0 Å². The first-order valence-corrected chi connectivity index (χ1v) is 7.21. The highest BCUT2D eigenvalue weighted by atomic mass is 16.2. The van der Waals surface area contributed by atoms with Gasteiger partial charge in [0.25, 0.3) is 0 Å². The molecule has 112 valence electrons. The van der Waals surface area contributed by atoms with E-state index in [2.05, 4.69) is 10.4 Å². The number of amides is 4. The molecule has 0 spiro atoms. The normalized spacial score (nSPS) is 23.8. The molecule has 0 bridgehead atoms. The summed E-state index contributed by atoms with van der Waals surface area (Å²) >= 11 is 0. The Labute approximate surface area is 122 Å². The van der Waals surface area contributed by atoms with Crippen molar-refractivity contribution in [2.24, 2.45) is 18.9 Å². The van der Waals surface area contributed by atoms with Crippen LogP contribution in [0.2, 0.25) is 0 Å². The van der Waals surface area contributed by atoms with E-state index in [1.165, 1.54) is 0 Å². The lowest BCUT2D eigenvalue weighted by atomic mass is 9.87. The lowest BCUT2D eigenvalue weighted by Gasteiger charge is -2.32. The predicted octanol–water partition coefficient (Wildman–Crippen LogP) is 0.805. The fourth-order valence-electron chi connectivity index (χ4n) is 3.21. The minimum atomic E-state index is -0.724. The SMILES string of the molecule is Cn1nccc1CN1C(=O)NC(=O)C(C2CCCC2)C1=O. The summed E-state index contributed by atoms with van der Waals surface area (Å²) < 4.78 is 1.61. The number of aromatic nitrogens is 2. The van der Waals surface area contributed by atoms with Crippen molar-refractivity contribution in [2.75, 3.05) is 0 Å². The number of hydrogen-bond donors (Lipinski definition) is 1. The average Bonchev–Trinajstić information content (AvgIpc) is 3.07. The standard InChI is InChI=1S/C14H18N4O3/c1-17-10(6-7-15-17)8-18-13(20)11(9-4-2-3-5-9)12(19)16-14(18)21/h6-7,9,11H,2-5,8H2,1H3,(H,16,19,21). The molecule has 1 unspecified atom stereocenters. The topological polar surface area (TPSA) is 84.3 Å². The Morgan fingerprint density at radius 1 is 1.29 bits per heavy atom. The van der Waals surface area contributed by atoms with Crippen LogP contribution in [-0.4, -0.2) is 32.5 Å². The third kappa shape index (κ3) is 2.43. The average molecular weight is 290 g/mol. The fraction of sp³-hybridized carbons (Fsp3) is 0.571. The van der Waals surface area contributed by atoms with E-state index in [4.69, 9.17) is 0 Å². The molecule has 2 heterocycles. The Hall–Kier alpha value is -2.18. The van der Waals surface area contributed by atoms with Crippen LogP contribution in [0.15, 0.2) is 12.3 Å². The Morgan fingerprint density at radius 2 is 2.00 bits per heavy atom. The van der Waals surface area contributed by atoms with E-state index >= 15 is 0 Å². The van der Waals surface area contributed by atoms with Crippen molar-refractivity contribution in [1.29, 1.82) is 0 Å². The van der Waals surface area contributed by atoms with E-state index in [-0.39, 0.29) is 18.4 Å². The second kappa shape index (κ2) is 5.31. The second-order valence-electron chi connectivity index (χ2n) is 5.69. The molecule has 1 atom stereocenters. The number of urea groups is 1. The van der Waals surface area contributed by atoms with Crippen molar-refractivity contribution in [3.8, 4) is 0 Å². The van der Waals surface area contributed by atoms with E-state index in [1.54, 1.807) is 24.0 Å². The van der Waals surface area contributed by atoms with Crippen LogP contribution in [0.25, 0.3) is 0 Å². The zero-order chi connectivity index (χ0) is 15.0. The number of carbonyl (C=O) groups is 3. The van der Waals surface area contributed by atoms with Gasteiger partial charge in [-0.15, -0.1) is 0 Å². The van der Waals surface area contributed by atoms with Gasteiger partial charge in [0, 0.05) is 13.2 Å². The molecule has 21 heavy (non-hydrogen) atoms. The smallest absolute Gasteiger partial charge is 0.277 e. The Morgan fingerprint density at radius 3 is 2.62 bits per heavy atom. The highest BCUT2D eigenvalue weighted by Crippen LogP contribution is 2.34. The van der Waals surface area contributed by atoms with Gasteiger partial charge in [0.2, 0.25) is 11.8 Å². The molecule has 1 aromatic rings. The molecule has 0 aromatic carbocycles. The van der Waals surface area contributed by atoms with Crippen molar-refractivity contribution in [2.45, 2.75) is 32.2 Å². The zero-order valence-corrected chi connectivity index (χ0v) is 11.9. The highest BCUT2D eigenvalue weighted by Gasteiger charge is 2.45. The second-order valence-corrected chi connectivity index (χ2v) is 5.69. The molecular formula is C14H18N4O3. The molecule has 2 fully saturated rings. The van der Waals surface area contributed by atoms with Crippen LogP contribution in [0.3, 0.4) is 0 Å². The molecule has 1 aliphatic heterocycles. The number of nitrogens with zero attached hydrogens (tertiary/aromatic N) is 3. The first-order chi connectivity index (χ1) is 10.1. The maximum Gasteiger partial charge on any atom is 0.331 e. The summed E-state index contributed by atoms with van der Waals surface area (Å²) in [5.74, 6) is -1.49. The molecule has 1 saturated carbocycles. The minimum absolute atomic E-state index is 0.0552. The maximum atomic E-state index is 12.6. The summed E-state index contributed by atoms with van der Waals surface area (Å²) in [6, 6.07) is 1.11. The molecule has 1 saturated heterocycles. The van der Waals surface area contributed by atoms with E-state index < -0.39 is 17.9 Å². The fourth-order valence-corrected chi connectivity index (χ4v) is 3.21. The van der Waals surface area contributed by atoms with Crippen molar-refractivity contribution < 1.29 is 14.4 Å². The third-order valence-corrected chi connectivity index (χ3v) is 4.40. The first kappa shape index (κ1) is 13.8. The van der Waals surface area contributed by atoms with Gasteiger partial charge in [-0.3, -0.25) is 24.5 Å². The third-order valence-electron chi connectivity index (χ3n) is 4.40. The molecule has 7 heteroatoms. The summed E-state index contributed by atoms with van der Waals surface area (Å²) in [7, 11) is 1.75. The van der Waals surface area contributed by atoms with Crippen LogP contribution >= 0.6 is 0 Å². The molecule has 0 radical (unpaired) electrons. The van der Waals surface area contributed by atoms with Gasteiger partial charge in [0.1, 0.15) is 5.92 Å². The van der Waals surface area contributed by atoms with E-state index in [9.17, 15) is 14.4 Å².